The van der Waals surface area contributed by atoms with Gasteiger partial charge in [-0.3, -0.25) is 4.79 Å². The van der Waals surface area contributed by atoms with Crippen LogP contribution in [0.4, 0.5) is 0 Å². The molecule has 0 spiro atoms. The minimum atomic E-state index is 0.0156. The summed E-state index contributed by atoms with van der Waals surface area (Å²) < 4.78 is 5.73. The lowest BCUT2D eigenvalue weighted by Crippen LogP contribution is -2.42. The molecule has 110 valence electrons. The molecule has 4 heterocycles. The second-order valence-electron chi connectivity index (χ2n) is 6.04. The fourth-order valence-electron chi connectivity index (χ4n) is 3.57. The first kappa shape index (κ1) is 12.8. The molecule has 0 aromatic carbocycles. The average Bonchev–Trinajstić information content (AvgIpc) is 2.97. The molecule has 5 nitrogen and oxygen atoms in total. The highest BCUT2D eigenvalue weighted by Crippen LogP contribution is 2.30. The smallest absolute Gasteiger partial charge is 0.290 e. The molecule has 2 aliphatic rings. The minimum absolute atomic E-state index is 0.0156. The zero-order chi connectivity index (χ0) is 14.4. The lowest BCUT2D eigenvalue weighted by atomic mass is 10.1. The van der Waals surface area contributed by atoms with Gasteiger partial charge in [0.05, 0.1) is 0 Å². The summed E-state index contributed by atoms with van der Waals surface area (Å²) in [5.74, 6) is 0.434. The van der Waals surface area contributed by atoms with Crippen LogP contribution in [0.15, 0.2) is 22.6 Å². The van der Waals surface area contributed by atoms with Crippen LogP contribution in [0.5, 0.6) is 0 Å². The number of hydrogen-bond donors (Lipinski definition) is 1. The molecule has 0 aliphatic carbocycles. The Morgan fingerprint density at radius 2 is 2.19 bits per heavy atom. The summed E-state index contributed by atoms with van der Waals surface area (Å²) in [4.78, 5) is 19.3. The Labute approximate surface area is 123 Å². The van der Waals surface area contributed by atoms with Crippen LogP contribution in [-0.2, 0) is 0 Å². The lowest BCUT2D eigenvalue weighted by Gasteiger charge is -2.26. The molecule has 21 heavy (non-hydrogen) atoms. The quantitative estimate of drug-likeness (QED) is 0.871. The van der Waals surface area contributed by atoms with E-state index < -0.39 is 0 Å². The number of hydrogen-bond acceptors (Lipinski definition) is 4. The molecule has 2 saturated heterocycles. The summed E-state index contributed by atoms with van der Waals surface area (Å²) in [6.45, 7) is 3.82. The maximum absolute atomic E-state index is 12.8. The first-order valence-corrected chi connectivity index (χ1v) is 7.63. The standard InChI is InChI=1S/C16H19N3O2/c1-10-2-5-14-13(18-10)8-15(21-14)16(20)19-11-3-4-12(19)9-17-7-6-11/h2,5,8,11-12,17H,3-4,6-7,9H2,1H3. The van der Waals surface area contributed by atoms with Gasteiger partial charge in [-0.2, -0.15) is 0 Å². The van der Waals surface area contributed by atoms with E-state index >= 15 is 0 Å². The van der Waals surface area contributed by atoms with Gasteiger partial charge in [-0.15, -0.1) is 0 Å². The van der Waals surface area contributed by atoms with Gasteiger partial charge in [0.2, 0.25) is 0 Å². The molecule has 1 amide bonds. The van der Waals surface area contributed by atoms with Gasteiger partial charge in [0.1, 0.15) is 5.52 Å². The molecular weight excluding hydrogens is 266 g/mol. The number of aryl methyl sites for hydroxylation is 1. The van der Waals surface area contributed by atoms with Crippen LogP contribution in [0.3, 0.4) is 0 Å². The van der Waals surface area contributed by atoms with Crippen LogP contribution in [0.1, 0.15) is 35.5 Å². The van der Waals surface area contributed by atoms with Crippen molar-refractivity contribution in [1.82, 2.24) is 15.2 Å². The van der Waals surface area contributed by atoms with Crippen LogP contribution >= 0.6 is 0 Å². The molecule has 2 unspecified atom stereocenters. The van der Waals surface area contributed by atoms with Crippen molar-refractivity contribution < 1.29 is 9.21 Å². The molecule has 2 bridgehead atoms. The van der Waals surface area contributed by atoms with Crippen molar-refractivity contribution in [3.63, 3.8) is 0 Å². The Morgan fingerprint density at radius 1 is 1.33 bits per heavy atom. The van der Waals surface area contributed by atoms with Gasteiger partial charge in [-0.1, -0.05) is 0 Å². The number of carbonyl (C=O) groups is 1. The van der Waals surface area contributed by atoms with Crippen molar-refractivity contribution >= 4 is 17.0 Å². The average molecular weight is 285 g/mol. The summed E-state index contributed by atoms with van der Waals surface area (Å²) in [5.41, 5.74) is 2.38. The van der Waals surface area contributed by atoms with Crippen LogP contribution < -0.4 is 5.32 Å². The van der Waals surface area contributed by atoms with E-state index in [1.807, 2.05) is 24.0 Å². The van der Waals surface area contributed by atoms with Gasteiger partial charge < -0.3 is 14.6 Å². The third-order valence-electron chi connectivity index (χ3n) is 4.61. The van der Waals surface area contributed by atoms with E-state index in [9.17, 15) is 4.79 Å². The molecule has 5 heteroatoms. The molecule has 2 atom stereocenters. The highest BCUT2D eigenvalue weighted by Gasteiger charge is 2.39. The summed E-state index contributed by atoms with van der Waals surface area (Å²) in [6, 6.07) is 6.21. The maximum atomic E-state index is 12.8. The number of nitrogens with zero attached hydrogens (tertiary/aromatic N) is 2. The summed E-state index contributed by atoms with van der Waals surface area (Å²) in [6.07, 6.45) is 3.22. The lowest BCUT2D eigenvalue weighted by molar-refractivity contribution is 0.0650. The number of rotatable bonds is 1. The van der Waals surface area contributed by atoms with E-state index in [1.54, 1.807) is 6.07 Å². The van der Waals surface area contributed by atoms with Gasteiger partial charge in [-0.25, -0.2) is 4.98 Å². The van der Waals surface area contributed by atoms with Crippen molar-refractivity contribution in [2.24, 2.45) is 0 Å². The van der Waals surface area contributed by atoms with E-state index in [-0.39, 0.29) is 5.91 Å². The molecule has 2 aromatic rings. The highest BCUT2D eigenvalue weighted by atomic mass is 16.3. The van der Waals surface area contributed by atoms with E-state index in [4.69, 9.17) is 4.42 Å². The third kappa shape index (κ3) is 2.12. The van der Waals surface area contributed by atoms with Crippen molar-refractivity contribution in [2.45, 2.75) is 38.3 Å². The monoisotopic (exact) mass is 285 g/mol. The summed E-state index contributed by atoms with van der Waals surface area (Å²) >= 11 is 0. The fourth-order valence-corrected chi connectivity index (χ4v) is 3.57. The number of fused-ring (bicyclic) bond motifs is 3. The van der Waals surface area contributed by atoms with E-state index in [0.29, 0.717) is 23.4 Å². The van der Waals surface area contributed by atoms with Crippen molar-refractivity contribution in [3.05, 3.63) is 29.7 Å². The van der Waals surface area contributed by atoms with Crippen LogP contribution in [0, 0.1) is 6.92 Å². The van der Waals surface area contributed by atoms with Crippen LogP contribution in [-0.4, -0.2) is 41.0 Å². The summed E-state index contributed by atoms with van der Waals surface area (Å²) in [7, 11) is 0. The maximum Gasteiger partial charge on any atom is 0.290 e. The summed E-state index contributed by atoms with van der Waals surface area (Å²) in [5, 5.41) is 3.41. The second kappa shape index (κ2) is 4.84. The SMILES string of the molecule is Cc1ccc2oc(C(=O)N3C4CCNCC3CC4)cc2n1. The first-order valence-electron chi connectivity index (χ1n) is 7.63. The third-order valence-corrected chi connectivity index (χ3v) is 4.61. The predicted octanol–water partition coefficient (Wildman–Crippen LogP) is 2.10. The zero-order valence-electron chi connectivity index (χ0n) is 12.1. The van der Waals surface area contributed by atoms with Crippen molar-refractivity contribution in [2.75, 3.05) is 13.1 Å². The number of carbonyl (C=O) groups excluding carboxylic acids is 1. The molecule has 0 saturated carbocycles. The van der Waals surface area contributed by atoms with Gasteiger partial charge in [0.25, 0.3) is 5.91 Å². The Balaban J connectivity index is 1.69. The highest BCUT2D eigenvalue weighted by molar-refractivity contribution is 5.95. The number of amides is 1. The van der Waals surface area contributed by atoms with Gasteiger partial charge in [-0.05, 0) is 44.9 Å². The minimum Gasteiger partial charge on any atom is -0.449 e. The zero-order valence-corrected chi connectivity index (χ0v) is 12.1. The Kier molecular flexibility index (Phi) is 2.96. The second-order valence-corrected chi connectivity index (χ2v) is 6.04. The Bertz CT molecular complexity index is 680. The largest absolute Gasteiger partial charge is 0.449 e. The Morgan fingerprint density at radius 3 is 3.10 bits per heavy atom. The molecule has 4 rings (SSSR count). The van der Waals surface area contributed by atoms with E-state index in [1.165, 1.54) is 0 Å². The molecule has 2 fully saturated rings. The first-order chi connectivity index (χ1) is 10.2. The number of furan rings is 1. The van der Waals surface area contributed by atoms with Gasteiger partial charge in [0, 0.05) is 30.4 Å². The fraction of sp³-hybridized carbons (Fsp3) is 0.500. The molecule has 0 radical (unpaired) electrons. The molecular formula is C16H19N3O2. The number of pyridine rings is 1. The number of aromatic nitrogens is 1. The van der Waals surface area contributed by atoms with Crippen LogP contribution in [0.2, 0.25) is 0 Å². The van der Waals surface area contributed by atoms with E-state index in [2.05, 4.69) is 10.3 Å². The normalized spacial score (nSPS) is 25.3. The van der Waals surface area contributed by atoms with Gasteiger partial charge >= 0.3 is 0 Å². The Hall–Kier alpha value is -1.88. The van der Waals surface area contributed by atoms with Crippen LogP contribution in [0.25, 0.3) is 11.1 Å². The molecule has 1 N–H and O–H groups in total. The van der Waals surface area contributed by atoms with Gasteiger partial charge in [0.15, 0.2) is 11.3 Å². The topological polar surface area (TPSA) is 58.4 Å². The van der Waals surface area contributed by atoms with Crippen molar-refractivity contribution in [3.8, 4) is 0 Å². The predicted molar refractivity (Wildman–Crippen MR) is 79.2 cm³/mol. The molecule has 2 aromatic heterocycles. The molecule has 2 aliphatic heterocycles. The van der Waals surface area contributed by atoms with E-state index in [0.717, 1.165) is 43.6 Å². The number of nitrogens with one attached hydrogen (secondary N) is 1. The van der Waals surface area contributed by atoms with Crippen molar-refractivity contribution in [1.29, 1.82) is 0 Å².